The maximum Gasteiger partial charge on any atom is 0.352 e. The van der Waals surface area contributed by atoms with Crippen LogP contribution < -0.4 is 0 Å². The summed E-state index contributed by atoms with van der Waals surface area (Å²) < 4.78 is 158. The van der Waals surface area contributed by atoms with Crippen LogP contribution in [0.25, 0.3) is 5.57 Å². The second kappa shape index (κ2) is 5.18. The molecule has 1 aliphatic rings. The summed E-state index contributed by atoms with van der Waals surface area (Å²) in [6.45, 7) is 0. The third-order valence-corrected chi connectivity index (χ3v) is 3.01. The molecule has 0 fully saturated rings. The molecule has 0 nitrogen and oxygen atoms in total. The highest BCUT2D eigenvalue weighted by Crippen LogP contribution is 2.55. The number of halogens is 12. The maximum absolute atomic E-state index is 13.5. The first-order valence-corrected chi connectivity index (χ1v) is 5.52. The van der Waals surface area contributed by atoms with E-state index >= 15 is 0 Å². The van der Waals surface area contributed by atoms with Gasteiger partial charge in [0.25, 0.3) is 0 Å². The van der Waals surface area contributed by atoms with Gasteiger partial charge in [0.1, 0.15) is 0 Å². The van der Waals surface area contributed by atoms with Crippen LogP contribution in [-0.4, -0.2) is 11.8 Å². The van der Waals surface area contributed by atoms with Crippen molar-refractivity contribution in [3.8, 4) is 0 Å². The van der Waals surface area contributed by atoms with Crippen LogP contribution in [0.3, 0.4) is 0 Å². The SMILES string of the molecule is FC1=C(F)C(F)(F)C(c2c(F)c(F)c(F)c(F)c2F)=C(F)C1(F)F. The largest absolute Gasteiger partial charge is 0.352 e. The molecule has 132 valence electrons. The van der Waals surface area contributed by atoms with E-state index in [0.29, 0.717) is 0 Å². The lowest BCUT2D eigenvalue weighted by atomic mass is 9.89. The first kappa shape index (κ1) is 18.2. The van der Waals surface area contributed by atoms with E-state index < -0.39 is 69.5 Å². The van der Waals surface area contributed by atoms with Gasteiger partial charge in [-0.3, -0.25) is 0 Å². The van der Waals surface area contributed by atoms with Crippen LogP contribution in [0, 0.1) is 29.1 Å². The van der Waals surface area contributed by atoms with Gasteiger partial charge < -0.3 is 0 Å². The van der Waals surface area contributed by atoms with Gasteiger partial charge in [-0.1, -0.05) is 0 Å². The lowest BCUT2D eigenvalue weighted by Gasteiger charge is -2.28. The molecule has 0 unspecified atom stereocenters. The third-order valence-electron chi connectivity index (χ3n) is 3.01. The molecule has 0 N–H and O–H groups in total. The third kappa shape index (κ3) is 2.11. The van der Waals surface area contributed by atoms with Crippen molar-refractivity contribution in [3.63, 3.8) is 0 Å². The number of hydrogen-bond acceptors (Lipinski definition) is 0. The molecule has 0 radical (unpaired) electrons. The summed E-state index contributed by atoms with van der Waals surface area (Å²) >= 11 is 0. The minimum atomic E-state index is -5.76. The molecule has 0 saturated carbocycles. The zero-order chi connectivity index (χ0) is 18.8. The molecule has 0 amide bonds. The summed E-state index contributed by atoms with van der Waals surface area (Å²) in [5.74, 6) is -37.2. The fraction of sp³-hybridized carbons (Fsp3) is 0.167. The van der Waals surface area contributed by atoms with Gasteiger partial charge in [-0.15, -0.1) is 0 Å². The van der Waals surface area contributed by atoms with Gasteiger partial charge in [0, 0.05) is 0 Å². The monoisotopic (exact) mass is 372 g/mol. The summed E-state index contributed by atoms with van der Waals surface area (Å²) in [5, 5.41) is 0. The standard InChI is InChI=1S/C12F12/c13-3-1(4(14)6(16)7(17)5(3)15)2-8(18)12(23,24)10(20)9(19)11(2,21)22. The Morgan fingerprint density at radius 1 is 0.417 bits per heavy atom. The zero-order valence-electron chi connectivity index (χ0n) is 10.5. The number of hydrogen-bond donors (Lipinski definition) is 0. The molecule has 0 saturated heterocycles. The Balaban J connectivity index is 2.99. The van der Waals surface area contributed by atoms with Crippen molar-refractivity contribution < 1.29 is 52.7 Å². The van der Waals surface area contributed by atoms with E-state index in [1.54, 1.807) is 0 Å². The first-order valence-electron chi connectivity index (χ1n) is 5.52. The zero-order valence-corrected chi connectivity index (χ0v) is 10.5. The number of alkyl halides is 4. The van der Waals surface area contributed by atoms with E-state index in [1.165, 1.54) is 0 Å². The van der Waals surface area contributed by atoms with Gasteiger partial charge in [-0.05, 0) is 0 Å². The van der Waals surface area contributed by atoms with E-state index in [4.69, 9.17) is 0 Å². The molecule has 0 bridgehead atoms. The molecular formula is C12F12. The molecule has 0 aromatic heterocycles. The maximum atomic E-state index is 13.5. The molecular weight excluding hydrogens is 372 g/mol. The summed E-state index contributed by atoms with van der Waals surface area (Å²) in [5.41, 5.74) is -6.05. The number of benzene rings is 1. The van der Waals surface area contributed by atoms with E-state index in [-0.39, 0.29) is 0 Å². The van der Waals surface area contributed by atoms with Crippen molar-refractivity contribution in [2.75, 3.05) is 0 Å². The average Bonchev–Trinajstić information content (AvgIpc) is 2.51. The minimum absolute atomic E-state index is 2.84. The van der Waals surface area contributed by atoms with Crippen molar-refractivity contribution in [1.82, 2.24) is 0 Å². The van der Waals surface area contributed by atoms with Crippen molar-refractivity contribution in [2.24, 2.45) is 0 Å². The summed E-state index contributed by atoms with van der Waals surface area (Å²) in [4.78, 5) is 0. The first-order chi connectivity index (χ1) is 10.8. The van der Waals surface area contributed by atoms with Crippen molar-refractivity contribution >= 4 is 5.57 Å². The number of allylic oxidation sites excluding steroid dienone is 4. The van der Waals surface area contributed by atoms with E-state index in [1.807, 2.05) is 0 Å². The predicted octanol–water partition coefficient (Wildman–Crippen LogP) is 5.50. The highest BCUT2D eigenvalue weighted by Gasteiger charge is 2.61. The molecule has 0 spiro atoms. The van der Waals surface area contributed by atoms with E-state index in [9.17, 15) is 52.7 Å². The fourth-order valence-electron chi connectivity index (χ4n) is 1.87. The highest BCUT2D eigenvalue weighted by molar-refractivity contribution is 5.79. The molecule has 1 aromatic carbocycles. The van der Waals surface area contributed by atoms with Crippen molar-refractivity contribution in [1.29, 1.82) is 0 Å². The van der Waals surface area contributed by atoms with Crippen LogP contribution in [0.1, 0.15) is 5.56 Å². The Labute approximate surface area is 123 Å². The Bertz CT molecular complexity index is 772. The second-order valence-electron chi connectivity index (χ2n) is 4.41. The van der Waals surface area contributed by atoms with Gasteiger partial charge in [0.05, 0.1) is 11.1 Å². The van der Waals surface area contributed by atoms with Gasteiger partial charge in [-0.25, -0.2) is 35.1 Å². The lowest BCUT2D eigenvalue weighted by molar-refractivity contribution is -0.00431. The molecule has 0 atom stereocenters. The Morgan fingerprint density at radius 3 is 1.17 bits per heavy atom. The van der Waals surface area contributed by atoms with Crippen LogP contribution in [0.15, 0.2) is 17.5 Å². The molecule has 24 heavy (non-hydrogen) atoms. The summed E-state index contributed by atoms with van der Waals surface area (Å²) in [6, 6.07) is 0. The smallest absolute Gasteiger partial charge is 0.204 e. The molecule has 2 rings (SSSR count). The second-order valence-corrected chi connectivity index (χ2v) is 4.41. The quantitative estimate of drug-likeness (QED) is 0.347. The van der Waals surface area contributed by atoms with Crippen LogP contribution in [0.4, 0.5) is 52.7 Å². The highest BCUT2D eigenvalue weighted by atomic mass is 19.3. The van der Waals surface area contributed by atoms with Crippen LogP contribution in [0.5, 0.6) is 0 Å². The van der Waals surface area contributed by atoms with Crippen LogP contribution in [0.2, 0.25) is 0 Å². The number of rotatable bonds is 1. The average molecular weight is 372 g/mol. The van der Waals surface area contributed by atoms with Crippen molar-refractivity contribution in [3.05, 3.63) is 52.1 Å². The van der Waals surface area contributed by atoms with E-state index in [0.717, 1.165) is 0 Å². The Kier molecular flexibility index (Phi) is 3.93. The fourth-order valence-corrected chi connectivity index (χ4v) is 1.87. The molecule has 0 aliphatic heterocycles. The Morgan fingerprint density at radius 2 is 0.750 bits per heavy atom. The molecule has 1 aliphatic carbocycles. The topological polar surface area (TPSA) is 0 Å². The predicted molar refractivity (Wildman–Crippen MR) is 53.4 cm³/mol. The van der Waals surface area contributed by atoms with Crippen LogP contribution in [-0.2, 0) is 0 Å². The van der Waals surface area contributed by atoms with E-state index in [2.05, 4.69) is 0 Å². The molecule has 1 aromatic rings. The summed E-state index contributed by atoms with van der Waals surface area (Å²) in [7, 11) is 0. The lowest BCUT2D eigenvalue weighted by Crippen LogP contribution is -2.35. The minimum Gasteiger partial charge on any atom is -0.204 e. The molecule has 12 heteroatoms. The van der Waals surface area contributed by atoms with Crippen molar-refractivity contribution in [2.45, 2.75) is 11.8 Å². The van der Waals surface area contributed by atoms with Crippen LogP contribution >= 0.6 is 0 Å². The van der Waals surface area contributed by atoms with Gasteiger partial charge in [0.2, 0.25) is 17.5 Å². The molecule has 0 heterocycles. The Hall–Kier alpha value is -2.14. The van der Waals surface area contributed by atoms with Gasteiger partial charge >= 0.3 is 11.8 Å². The van der Waals surface area contributed by atoms with Gasteiger partial charge in [-0.2, -0.15) is 17.6 Å². The van der Waals surface area contributed by atoms with Gasteiger partial charge in [0.15, 0.2) is 29.1 Å². The normalized spacial score (nSPS) is 20.0. The summed E-state index contributed by atoms with van der Waals surface area (Å²) in [6.07, 6.45) is 0.